The summed E-state index contributed by atoms with van der Waals surface area (Å²) in [7, 11) is 0. The number of carbonyl (C=O) groups excluding carboxylic acids is 1. The summed E-state index contributed by atoms with van der Waals surface area (Å²) in [4.78, 5) is 16.5. The molecule has 2 aromatic rings. The van der Waals surface area contributed by atoms with Gasteiger partial charge in [0.05, 0.1) is 5.02 Å². The third kappa shape index (κ3) is 3.95. The van der Waals surface area contributed by atoms with Gasteiger partial charge >= 0.3 is 0 Å². The predicted molar refractivity (Wildman–Crippen MR) is 87.2 cm³/mol. The largest absolute Gasteiger partial charge is 0.370 e. The maximum Gasteiger partial charge on any atom is 0.275 e. The van der Waals surface area contributed by atoms with Gasteiger partial charge in [-0.25, -0.2) is 4.98 Å². The maximum atomic E-state index is 12.3. The van der Waals surface area contributed by atoms with Gasteiger partial charge in [0.15, 0.2) is 0 Å². The molecule has 0 saturated heterocycles. The number of halogens is 1. The number of hydrogen-bond acceptors (Lipinski definition) is 3. The predicted octanol–water partition coefficient (Wildman–Crippen LogP) is 3.98. The third-order valence-corrected chi connectivity index (χ3v) is 3.34. The first kappa shape index (κ1) is 15.3. The molecule has 0 spiro atoms. The lowest BCUT2D eigenvalue weighted by Crippen LogP contribution is -2.15. The smallest absolute Gasteiger partial charge is 0.275 e. The summed E-state index contributed by atoms with van der Waals surface area (Å²) >= 11 is 6.05. The summed E-state index contributed by atoms with van der Waals surface area (Å²) in [5.41, 5.74) is 2.16. The molecule has 0 unspecified atom stereocenters. The van der Waals surface area contributed by atoms with Crippen molar-refractivity contribution in [3.05, 3.63) is 52.7 Å². The van der Waals surface area contributed by atoms with Crippen molar-refractivity contribution in [2.45, 2.75) is 20.3 Å². The van der Waals surface area contributed by atoms with E-state index in [1.165, 1.54) is 5.56 Å². The quantitative estimate of drug-likeness (QED) is 0.878. The summed E-state index contributed by atoms with van der Waals surface area (Å²) in [6, 6.07) is 11.1. The Bertz CT molecular complexity index is 626. The van der Waals surface area contributed by atoms with E-state index in [9.17, 15) is 4.79 Å². The van der Waals surface area contributed by atoms with E-state index in [0.29, 0.717) is 10.8 Å². The number of carbonyl (C=O) groups is 1. The number of benzene rings is 1. The van der Waals surface area contributed by atoms with Gasteiger partial charge in [0, 0.05) is 12.2 Å². The summed E-state index contributed by atoms with van der Waals surface area (Å²) in [5.74, 6) is 0.317. The molecule has 0 aliphatic carbocycles. The molecule has 0 aliphatic heterocycles. The first-order chi connectivity index (χ1) is 10.1. The zero-order valence-corrected chi connectivity index (χ0v) is 12.9. The monoisotopic (exact) mass is 303 g/mol. The number of aryl methyl sites for hydroxylation is 1. The molecule has 1 aromatic heterocycles. The van der Waals surface area contributed by atoms with Crippen molar-refractivity contribution in [2.75, 3.05) is 17.2 Å². The molecule has 2 rings (SSSR count). The van der Waals surface area contributed by atoms with Crippen LogP contribution in [0.25, 0.3) is 0 Å². The number of pyridine rings is 1. The van der Waals surface area contributed by atoms with E-state index >= 15 is 0 Å². The minimum absolute atomic E-state index is 0.217. The van der Waals surface area contributed by atoms with Gasteiger partial charge in [-0.2, -0.15) is 0 Å². The van der Waals surface area contributed by atoms with Crippen LogP contribution in [0.1, 0.15) is 29.9 Å². The lowest BCUT2D eigenvalue weighted by atomic mass is 10.1. The Balaban J connectivity index is 2.17. The number of rotatable bonds is 5. The molecule has 0 saturated carbocycles. The summed E-state index contributed by atoms with van der Waals surface area (Å²) < 4.78 is 0. The van der Waals surface area contributed by atoms with Crippen molar-refractivity contribution in [2.24, 2.45) is 0 Å². The first-order valence-corrected chi connectivity index (χ1v) is 7.32. The van der Waals surface area contributed by atoms with Gasteiger partial charge in [0.25, 0.3) is 5.91 Å². The number of hydrogen-bond donors (Lipinski definition) is 2. The second-order valence-electron chi connectivity index (χ2n) is 4.56. The molecule has 5 heteroatoms. The fraction of sp³-hybridized carbons (Fsp3) is 0.250. The van der Waals surface area contributed by atoms with E-state index in [4.69, 9.17) is 11.6 Å². The van der Waals surface area contributed by atoms with Gasteiger partial charge in [0.1, 0.15) is 11.5 Å². The number of anilines is 2. The molecule has 1 aromatic carbocycles. The van der Waals surface area contributed by atoms with Gasteiger partial charge in [0.2, 0.25) is 0 Å². The molecule has 0 aliphatic rings. The number of nitrogens with one attached hydrogen (secondary N) is 2. The third-order valence-electron chi connectivity index (χ3n) is 3.04. The van der Waals surface area contributed by atoms with Crippen molar-refractivity contribution >= 4 is 29.0 Å². The van der Waals surface area contributed by atoms with Gasteiger partial charge in [-0.15, -0.1) is 0 Å². The standard InChI is InChI=1S/C16H18ClN3O/c1-3-11-5-7-12(8-6-11)19-16(21)15-13(17)9-10-14(20-15)18-4-2/h5-10H,3-4H2,1-2H3,(H,18,20)(H,19,21). The zero-order valence-electron chi connectivity index (χ0n) is 12.1. The van der Waals surface area contributed by atoms with Gasteiger partial charge < -0.3 is 10.6 Å². The molecule has 21 heavy (non-hydrogen) atoms. The Kier molecular flexibility index (Phi) is 5.17. The first-order valence-electron chi connectivity index (χ1n) is 6.94. The van der Waals surface area contributed by atoms with E-state index in [-0.39, 0.29) is 11.6 Å². The van der Waals surface area contributed by atoms with E-state index in [2.05, 4.69) is 22.5 Å². The molecule has 0 fully saturated rings. The van der Waals surface area contributed by atoms with Crippen molar-refractivity contribution in [1.82, 2.24) is 4.98 Å². The van der Waals surface area contributed by atoms with Crippen LogP contribution in [-0.4, -0.2) is 17.4 Å². The van der Waals surface area contributed by atoms with Crippen molar-refractivity contribution < 1.29 is 4.79 Å². The number of amides is 1. The van der Waals surface area contributed by atoms with Crippen molar-refractivity contribution in [3.63, 3.8) is 0 Å². The molecular weight excluding hydrogens is 286 g/mol. The zero-order chi connectivity index (χ0) is 15.2. The Morgan fingerprint density at radius 2 is 1.86 bits per heavy atom. The average molecular weight is 304 g/mol. The molecule has 0 radical (unpaired) electrons. The molecule has 4 nitrogen and oxygen atoms in total. The van der Waals surface area contributed by atoms with Gasteiger partial charge in [-0.1, -0.05) is 30.7 Å². The van der Waals surface area contributed by atoms with Crippen LogP contribution in [0, 0.1) is 0 Å². The van der Waals surface area contributed by atoms with Gasteiger partial charge in [-0.3, -0.25) is 4.79 Å². The van der Waals surface area contributed by atoms with Crippen LogP contribution in [0.2, 0.25) is 5.02 Å². The highest BCUT2D eigenvalue weighted by atomic mass is 35.5. The maximum absolute atomic E-state index is 12.3. The molecule has 0 bridgehead atoms. The van der Waals surface area contributed by atoms with E-state index in [0.717, 1.165) is 18.7 Å². The van der Waals surface area contributed by atoms with Crippen LogP contribution in [0.5, 0.6) is 0 Å². The van der Waals surface area contributed by atoms with E-state index < -0.39 is 0 Å². The highest BCUT2D eigenvalue weighted by molar-refractivity contribution is 6.34. The minimum Gasteiger partial charge on any atom is -0.370 e. The Labute approximate surface area is 129 Å². The fourth-order valence-electron chi connectivity index (χ4n) is 1.90. The fourth-order valence-corrected chi connectivity index (χ4v) is 2.09. The average Bonchev–Trinajstić information content (AvgIpc) is 2.50. The number of aromatic nitrogens is 1. The van der Waals surface area contributed by atoms with E-state index in [1.807, 2.05) is 31.2 Å². The summed E-state index contributed by atoms with van der Waals surface area (Å²) in [6.45, 7) is 4.78. The molecular formula is C16H18ClN3O. The SMILES string of the molecule is CCNc1ccc(Cl)c(C(=O)Nc2ccc(CC)cc2)n1. The summed E-state index contributed by atoms with van der Waals surface area (Å²) in [6.07, 6.45) is 0.965. The van der Waals surface area contributed by atoms with Crippen LogP contribution in [0.3, 0.4) is 0 Å². The van der Waals surface area contributed by atoms with E-state index in [1.54, 1.807) is 12.1 Å². The molecule has 1 amide bonds. The van der Waals surface area contributed by atoms with Crippen molar-refractivity contribution in [3.8, 4) is 0 Å². The molecule has 110 valence electrons. The Morgan fingerprint density at radius 1 is 1.14 bits per heavy atom. The molecule has 1 heterocycles. The van der Waals surface area contributed by atoms with Crippen LogP contribution in [0.15, 0.2) is 36.4 Å². The van der Waals surface area contributed by atoms with Gasteiger partial charge in [-0.05, 0) is 43.2 Å². The lowest BCUT2D eigenvalue weighted by Gasteiger charge is -2.09. The van der Waals surface area contributed by atoms with Crippen LogP contribution in [-0.2, 0) is 6.42 Å². The highest BCUT2D eigenvalue weighted by Gasteiger charge is 2.13. The minimum atomic E-state index is -0.316. The Morgan fingerprint density at radius 3 is 2.48 bits per heavy atom. The summed E-state index contributed by atoms with van der Waals surface area (Å²) in [5, 5.41) is 6.20. The lowest BCUT2D eigenvalue weighted by molar-refractivity contribution is 0.102. The van der Waals surface area contributed by atoms with Crippen molar-refractivity contribution in [1.29, 1.82) is 0 Å². The highest BCUT2D eigenvalue weighted by Crippen LogP contribution is 2.19. The second kappa shape index (κ2) is 7.09. The normalized spacial score (nSPS) is 10.2. The topological polar surface area (TPSA) is 54.0 Å². The molecule has 0 atom stereocenters. The van der Waals surface area contributed by atoms with Crippen LogP contribution < -0.4 is 10.6 Å². The van der Waals surface area contributed by atoms with Crippen LogP contribution in [0.4, 0.5) is 11.5 Å². The number of nitrogens with zero attached hydrogens (tertiary/aromatic N) is 1. The Hall–Kier alpha value is -2.07. The molecule has 2 N–H and O–H groups in total. The second-order valence-corrected chi connectivity index (χ2v) is 4.97. The van der Waals surface area contributed by atoms with Crippen LogP contribution >= 0.6 is 11.6 Å².